The smallest absolute Gasteiger partial charge is 0.293 e. The van der Waals surface area contributed by atoms with Crippen molar-refractivity contribution in [1.29, 1.82) is 0 Å². The molecule has 90 valence electrons. The normalized spacial score (nSPS) is 12.7. The fourth-order valence-electron chi connectivity index (χ4n) is 1.27. The maximum Gasteiger partial charge on any atom is 0.293 e. The highest BCUT2D eigenvalue weighted by atomic mass is 19.3. The highest BCUT2D eigenvalue weighted by Crippen LogP contribution is 2.41. The molecule has 2 nitrogen and oxygen atoms in total. The molecule has 0 spiro atoms. The summed E-state index contributed by atoms with van der Waals surface area (Å²) in [6.07, 6.45) is 0. The molecule has 0 unspecified atom stereocenters. The standard InChI is InChI=1S/C11H14F3NO/c1-10(2,15)11(13,14)8-6-7(12)4-5-9(8)16-3/h4-6H,15H2,1-3H3. The lowest BCUT2D eigenvalue weighted by molar-refractivity contribution is -0.0690. The van der Waals surface area contributed by atoms with Gasteiger partial charge in [0.25, 0.3) is 5.92 Å². The van der Waals surface area contributed by atoms with Crippen molar-refractivity contribution in [2.24, 2.45) is 5.73 Å². The highest BCUT2D eigenvalue weighted by Gasteiger charge is 2.47. The second-order valence-electron chi connectivity index (χ2n) is 4.14. The first-order valence-corrected chi connectivity index (χ1v) is 4.71. The Hall–Kier alpha value is -1.23. The topological polar surface area (TPSA) is 35.2 Å². The maximum atomic E-state index is 13.9. The van der Waals surface area contributed by atoms with Crippen molar-refractivity contribution < 1.29 is 17.9 Å². The van der Waals surface area contributed by atoms with E-state index in [0.29, 0.717) is 0 Å². The van der Waals surface area contributed by atoms with Crippen LogP contribution in [0.5, 0.6) is 5.75 Å². The zero-order valence-electron chi connectivity index (χ0n) is 9.35. The van der Waals surface area contributed by atoms with Crippen LogP contribution in [0, 0.1) is 5.82 Å². The molecule has 0 radical (unpaired) electrons. The first-order chi connectivity index (χ1) is 7.20. The van der Waals surface area contributed by atoms with Crippen LogP contribution < -0.4 is 10.5 Å². The van der Waals surface area contributed by atoms with Gasteiger partial charge < -0.3 is 10.5 Å². The number of nitrogens with two attached hydrogens (primary N) is 1. The molecule has 0 fully saturated rings. The Bertz CT molecular complexity index is 385. The molecule has 2 N–H and O–H groups in total. The molecule has 1 rings (SSSR count). The summed E-state index contributed by atoms with van der Waals surface area (Å²) < 4.78 is 45.6. The largest absolute Gasteiger partial charge is 0.496 e. The lowest BCUT2D eigenvalue weighted by atomic mass is 9.90. The second-order valence-corrected chi connectivity index (χ2v) is 4.14. The van der Waals surface area contributed by atoms with E-state index < -0.39 is 22.8 Å². The molecular weight excluding hydrogens is 219 g/mol. The fraction of sp³-hybridized carbons (Fsp3) is 0.455. The van der Waals surface area contributed by atoms with Crippen LogP contribution in [0.25, 0.3) is 0 Å². The first-order valence-electron chi connectivity index (χ1n) is 4.71. The van der Waals surface area contributed by atoms with Crippen LogP contribution in [0.4, 0.5) is 13.2 Å². The number of hydrogen-bond acceptors (Lipinski definition) is 2. The number of alkyl halides is 2. The minimum absolute atomic E-state index is 0.0788. The summed E-state index contributed by atoms with van der Waals surface area (Å²) in [7, 11) is 1.25. The SMILES string of the molecule is COc1ccc(F)cc1C(F)(F)C(C)(C)N. The number of ether oxygens (including phenoxy) is 1. The van der Waals surface area contributed by atoms with Crippen molar-refractivity contribution in [2.45, 2.75) is 25.3 Å². The van der Waals surface area contributed by atoms with E-state index >= 15 is 0 Å². The van der Waals surface area contributed by atoms with Crippen LogP contribution in [-0.2, 0) is 5.92 Å². The van der Waals surface area contributed by atoms with Crippen LogP contribution in [0.2, 0.25) is 0 Å². The monoisotopic (exact) mass is 233 g/mol. The Balaban J connectivity index is 3.36. The molecule has 0 aromatic heterocycles. The number of rotatable bonds is 3. The summed E-state index contributed by atoms with van der Waals surface area (Å²) in [5, 5.41) is 0. The van der Waals surface area contributed by atoms with Gasteiger partial charge >= 0.3 is 0 Å². The predicted molar refractivity (Wildman–Crippen MR) is 55.1 cm³/mol. The van der Waals surface area contributed by atoms with Crippen molar-refractivity contribution in [3.05, 3.63) is 29.6 Å². The lowest BCUT2D eigenvalue weighted by Gasteiger charge is -2.31. The molecule has 1 aromatic carbocycles. The van der Waals surface area contributed by atoms with E-state index in [-0.39, 0.29) is 5.75 Å². The molecule has 0 bridgehead atoms. The molecule has 0 aliphatic carbocycles. The van der Waals surface area contributed by atoms with Gasteiger partial charge in [-0.05, 0) is 32.0 Å². The van der Waals surface area contributed by atoms with Gasteiger partial charge in [0, 0.05) is 0 Å². The molecule has 0 heterocycles. The summed E-state index contributed by atoms with van der Waals surface area (Å²) in [4.78, 5) is 0. The van der Waals surface area contributed by atoms with Gasteiger partial charge in [0.15, 0.2) is 0 Å². The van der Waals surface area contributed by atoms with Crippen molar-refractivity contribution in [2.75, 3.05) is 7.11 Å². The fourth-order valence-corrected chi connectivity index (χ4v) is 1.27. The van der Waals surface area contributed by atoms with Gasteiger partial charge in [-0.3, -0.25) is 0 Å². The molecule has 16 heavy (non-hydrogen) atoms. The highest BCUT2D eigenvalue weighted by molar-refractivity contribution is 5.39. The van der Waals surface area contributed by atoms with Crippen LogP contribution in [0.15, 0.2) is 18.2 Å². The molecule has 0 atom stereocenters. The minimum atomic E-state index is -3.37. The van der Waals surface area contributed by atoms with Gasteiger partial charge in [0.05, 0.1) is 18.2 Å². The molecule has 0 saturated heterocycles. The van der Waals surface area contributed by atoms with E-state index in [9.17, 15) is 13.2 Å². The Labute approximate surface area is 92.2 Å². The van der Waals surface area contributed by atoms with Gasteiger partial charge in [-0.15, -0.1) is 0 Å². The van der Waals surface area contributed by atoms with Crippen LogP contribution in [-0.4, -0.2) is 12.6 Å². The molecule has 0 amide bonds. The zero-order chi connectivity index (χ0) is 12.6. The Morgan fingerprint density at radius 1 is 1.25 bits per heavy atom. The summed E-state index contributed by atoms with van der Waals surface area (Å²) >= 11 is 0. The average Bonchev–Trinajstić information content (AvgIpc) is 2.16. The van der Waals surface area contributed by atoms with Gasteiger partial charge in [-0.2, -0.15) is 8.78 Å². The first kappa shape index (κ1) is 12.8. The van der Waals surface area contributed by atoms with E-state index in [1.165, 1.54) is 21.0 Å². The molecule has 0 aliphatic heterocycles. The second kappa shape index (κ2) is 3.97. The molecular formula is C11H14F3NO. The van der Waals surface area contributed by atoms with E-state index in [1.54, 1.807) is 0 Å². The number of halogens is 3. The van der Waals surface area contributed by atoms with Crippen molar-refractivity contribution in [3.8, 4) is 5.75 Å². The summed E-state index contributed by atoms with van der Waals surface area (Å²) in [5.41, 5.74) is 3.05. The average molecular weight is 233 g/mol. The summed E-state index contributed by atoms with van der Waals surface area (Å²) in [5.74, 6) is -4.20. The van der Waals surface area contributed by atoms with Gasteiger partial charge in [0.2, 0.25) is 0 Å². The quantitative estimate of drug-likeness (QED) is 0.871. The van der Waals surface area contributed by atoms with Gasteiger partial charge in [-0.25, -0.2) is 4.39 Å². The third-order valence-corrected chi connectivity index (χ3v) is 2.31. The predicted octanol–water partition coefficient (Wildman–Crippen LogP) is 2.66. The lowest BCUT2D eigenvalue weighted by Crippen LogP contribution is -2.48. The molecule has 1 aromatic rings. The molecule has 5 heteroatoms. The summed E-state index contributed by atoms with van der Waals surface area (Å²) in [6, 6.07) is 2.96. The van der Waals surface area contributed by atoms with E-state index in [2.05, 4.69) is 0 Å². The minimum Gasteiger partial charge on any atom is -0.496 e. The van der Waals surface area contributed by atoms with Crippen LogP contribution in [0.1, 0.15) is 19.4 Å². The van der Waals surface area contributed by atoms with Gasteiger partial charge in [-0.1, -0.05) is 0 Å². The van der Waals surface area contributed by atoms with Crippen molar-refractivity contribution >= 4 is 0 Å². The van der Waals surface area contributed by atoms with Gasteiger partial charge in [0.1, 0.15) is 11.6 Å². The molecule has 0 saturated carbocycles. The summed E-state index contributed by atoms with van der Waals surface area (Å²) in [6.45, 7) is 2.36. The Morgan fingerprint density at radius 2 is 1.81 bits per heavy atom. The van der Waals surface area contributed by atoms with E-state index in [1.807, 2.05) is 0 Å². The third-order valence-electron chi connectivity index (χ3n) is 2.31. The van der Waals surface area contributed by atoms with Crippen molar-refractivity contribution in [1.82, 2.24) is 0 Å². The van der Waals surface area contributed by atoms with Crippen LogP contribution >= 0.6 is 0 Å². The van der Waals surface area contributed by atoms with E-state index in [4.69, 9.17) is 10.5 Å². The van der Waals surface area contributed by atoms with Crippen LogP contribution in [0.3, 0.4) is 0 Å². The number of methoxy groups -OCH3 is 1. The number of benzene rings is 1. The maximum absolute atomic E-state index is 13.9. The van der Waals surface area contributed by atoms with E-state index in [0.717, 1.165) is 18.2 Å². The molecule has 0 aliphatic rings. The Kier molecular flexibility index (Phi) is 3.19. The third kappa shape index (κ3) is 2.14. The van der Waals surface area contributed by atoms with Crippen molar-refractivity contribution in [3.63, 3.8) is 0 Å². The Morgan fingerprint density at radius 3 is 2.25 bits per heavy atom. The zero-order valence-corrected chi connectivity index (χ0v) is 9.35. The number of hydrogen-bond donors (Lipinski definition) is 1.